The van der Waals surface area contributed by atoms with Gasteiger partial charge >= 0.3 is 5.88 Å². The molecule has 0 unspecified atom stereocenters. The molecule has 10 heteroatoms. The van der Waals surface area contributed by atoms with Gasteiger partial charge in [0.25, 0.3) is 5.91 Å². The number of hydrogen-bond acceptors (Lipinski definition) is 8. The van der Waals surface area contributed by atoms with E-state index in [1.807, 2.05) is 0 Å². The number of furan rings is 1. The average Bonchev–Trinajstić information content (AvgIpc) is 2.97. The molecule has 2 aromatic heterocycles. The van der Waals surface area contributed by atoms with Crippen LogP contribution >= 0.6 is 11.5 Å². The Morgan fingerprint density at radius 1 is 1.63 bits per heavy atom. The maximum Gasteiger partial charge on any atom is 0.433 e. The molecule has 0 aliphatic heterocycles. The van der Waals surface area contributed by atoms with Crippen LogP contribution in [0.25, 0.3) is 0 Å². The Balaban J connectivity index is 1.98. The van der Waals surface area contributed by atoms with E-state index >= 15 is 0 Å². The Hall–Kier alpha value is -2.62. The number of amides is 1. The van der Waals surface area contributed by atoms with Gasteiger partial charge in [-0.05, 0) is 24.5 Å². The Labute approximate surface area is 110 Å². The zero-order valence-electron chi connectivity index (χ0n) is 9.56. The van der Waals surface area contributed by atoms with E-state index in [1.165, 1.54) is 12.1 Å². The smallest absolute Gasteiger partial charge is 0.400 e. The first-order chi connectivity index (χ1) is 9.08. The van der Waals surface area contributed by atoms with Crippen LogP contribution in [0.2, 0.25) is 0 Å². The minimum Gasteiger partial charge on any atom is -0.400 e. The Morgan fingerprint density at radius 3 is 3.00 bits per heavy atom. The van der Waals surface area contributed by atoms with Crippen LogP contribution in [0.4, 0.5) is 5.88 Å². The van der Waals surface area contributed by atoms with Gasteiger partial charge in [0, 0.05) is 0 Å². The topological polar surface area (TPSA) is 124 Å². The molecular weight excluding hydrogens is 274 g/mol. The van der Waals surface area contributed by atoms with Crippen molar-refractivity contribution < 1.29 is 14.1 Å². The third kappa shape index (κ3) is 2.98. The van der Waals surface area contributed by atoms with Gasteiger partial charge in [0.05, 0.1) is 18.0 Å². The molecule has 2 rings (SSSR count). The summed E-state index contributed by atoms with van der Waals surface area (Å²) in [7, 11) is 0. The molecule has 0 radical (unpaired) electrons. The van der Waals surface area contributed by atoms with Crippen LogP contribution in [0.1, 0.15) is 21.1 Å². The summed E-state index contributed by atoms with van der Waals surface area (Å²) in [5.74, 6) is -0.689. The molecule has 2 heterocycles. The number of nitrogens with zero attached hydrogens (tertiary/aromatic N) is 4. The Bertz CT molecular complexity index is 647. The van der Waals surface area contributed by atoms with Crippen molar-refractivity contribution in [2.75, 3.05) is 0 Å². The highest BCUT2D eigenvalue weighted by Crippen LogP contribution is 2.13. The van der Waals surface area contributed by atoms with E-state index in [2.05, 4.69) is 20.1 Å². The molecule has 0 saturated heterocycles. The average molecular weight is 281 g/mol. The summed E-state index contributed by atoms with van der Waals surface area (Å²) in [6, 6.07) is 2.56. The number of carbonyl (C=O) groups is 1. The molecule has 98 valence electrons. The van der Waals surface area contributed by atoms with Crippen molar-refractivity contribution in [3.05, 3.63) is 38.6 Å². The number of aryl methyl sites for hydroxylation is 1. The summed E-state index contributed by atoms with van der Waals surface area (Å²) in [5.41, 5.74) is 2.75. The molecule has 0 aliphatic rings. The zero-order valence-corrected chi connectivity index (χ0v) is 10.4. The van der Waals surface area contributed by atoms with E-state index in [-0.39, 0.29) is 5.76 Å². The predicted molar refractivity (Wildman–Crippen MR) is 65.1 cm³/mol. The summed E-state index contributed by atoms with van der Waals surface area (Å²) in [5, 5.41) is 17.7. The van der Waals surface area contributed by atoms with E-state index in [1.54, 1.807) is 6.92 Å². The highest BCUT2D eigenvalue weighted by molar-refractivity contribution is 7.07. The third-order valence-electron chi connectivity index (χ3n) is 2.01. The van der Waals surface area contributed by atoms with Crippen LogP contribution < -0.4 is 5.43 Å². The predicted octanol–water partition coefficient (Wildman–Crippen LogP) is 1.11. The third-order valence-corrected chi connectivity index (χ3v) is 2.83. The molecule has 0 atom stereocenters. The van der Waals surface area contributed by atoms with E-state index in [9.17, 15) is 14.9 Å². The lowest BCUT2D eigenvalue weighted by atomic mass is 10.4. The summed E-state index contributed by atoms with van der Waals surface area (Å²) >= 11 is 0.952. The van der Waals surface area contributed by atoms with Crippen LogP contribution in [0, 0.1) is 17.0 Å². The van der Waals surface area contributed by atoms with Crippen LogP contribution in [0.5, 0.6) is 0 Å². The number of hydrazone groups is 1. The fourth-order valence-corrected chi connectivity index (χ4v) is 1.70. The molecule has 0 spiro atoms. The molecule has 1 N–H and O–H groups in total. The quantitative estimate of drug-likeness (QED) is 0.508. The molecule has 2 aromatic rings. The van der Waals surface area contributed by atoms with Gasteiger partial charge in [-0.1, -0.05) is 4.49 Å². The van der Waals surface area contributed by atoms with Crippen molar-refractivity contribution in [2.45, 2.75) is 6.92 Å². The normalized spacial score (nSPS) is 10.8. The van der Waals surface area contributed by atoms with Gasteiger partial charge in [-0.3, -0.25) is 14.9 Å². The van der Waals surface area contributed by atoms with Crippen molar-refractivity contribution >= 4 is 29.5 Å². The van der Waals surface area contributed by atoms with Gasteiger partial charge in [-0.25, -0.2) is 5.43 Å². The minimum absolute atomic E-state index is 0.158. The van der Waals surface area contributed by atoms with Gasteiger partial charge < -0.3 is 4.42 Å². The molecule has 0 saturated carbocycles. The van der Waals surface area contributed by atoms with Crippen molar-refractivity contribution in [1.29, 1.82) is 0 Å². The van der Waals surface area contributed by atoms with Gasteiger partial charge in [-0.15, -0.1) is 5.10 Å². The Kier molecular flexibility index (Phi) is 3.61. The summed E-state index contributed by atoms with van der Waals surface area (Å²) in [6.45, 7) is 1.65. The lowest BCUT2D eigenvalue weighted by molar-refractivity contribution is -0.402. The number of hydrogen-bond donors (Lipinski definition) is 1. The number of nitro groups is 1. The van der Waals surface area contributed by atoms with Crippen LogP contribution in [-0.2, 0) is 0 Å². The second-order valence-electron chi connectivity index (χ2n) is 3.32. The van der Waals surface area contributed by atoms with Crippen LogP contribution in [0.15, 0.2) is 21.7 Å². The molecule has 9 nitrogen and oxygen atoms in total. The van der Waals surface area contributed by atoms with Crippen LogP contribution in [0.3, 0.4) is 0 Å². The molecule has 0 bridgehead atoms. The van der Waals surface area contributed by atoms with Crippen LogP contribution in [-0.4, -0.2) is 26.6 Å². The molecule has 0 fully saturated rings. The lowest BCUT2D eigenvalue weighted by Gasteiger charge is -1.94. The summed E-state index contributed by atoms with van der Waals surface area (Å²) in [6.07, 6.45) is 1.16. The highest BCUT2D eigenvalue weighted by Gasteiger charge is 2.12. The monoisotopic (exact) mass is 281 g/mol. The van der Waals surface area contributed by atoms with E-state index in [0.717, 1.165) is 17.7 Å². The van der Waals surface area contributed by atoms with Crippen molar-refractivity contribution in [1.82, 2.24) is 15.0 Å². The Morgan fingerprint density at radius 2 is 2.42 bits per heavy atom. The van der Waals surface area contributed by atoms with E-state index in [4.69, 9.17) is 4.42 Å². The van der Waals surface area contributed by atoms with Gasteiger partial charge in [0.2, 0.25) is 0 Å². The van der Waals surface area contributed by atoms with E-state index in [0.29, 0.717) is 10.6 Å². The zero-order chi connectivity index (χ0) is 13.8. The fourth-order valence-electron chi connectivity index (χ4n) is 1.15. The van der Waals surface area contributed by atoms with Gasteiger partial charge in [-0.2, -0.15) is 5.10 Å². The number of aromatic nitrogens is 2. The molecule has 19 heavy (non-hydrogen) atoms. The van der Waals surface area contributed by atoms with Gasteiger partial charge in [0.1, 0.15) is 9.80 Å². The fraction of sp³-hybridized carbons (Fsp3) is 0.111. The molecule has 1 amide bonds. The first kappa shape index (κ1) is 12.8. The number of nitrogens with one attached hydrogen (secondary N) is 1. The molecule has 0 aromatic carbocycles. The largest absolute Gasteiger partial charge is 0.433 e. The molecular formula is C9H7N5O4S. The van der Waals surface area contributed by atoms with Gasteiger partial charge in [0.15, 0.2) is 5.76 Å². The summed E-state index contributed by atoms with van der Waals surface area (Å²) in [4.78, 5) is 21.7. The van der Waals surface area contributed by atoms with Crippen molar-refractivity contribution in [2.24, 2.45) is 5.10 Å². The van der Waals surface area contributed by atoms with Crippen molar-refractivity contribution in [3.63, 3.8) is 0 Å². The first-order valence-electron chi connectivity index (χ1n) is 4.94. The van der Waals surface area contributed by atoms with Crippen molar-refractivity contribution in [3.8, 4) is 0 Å². The SMILES string of the molecule is Cc1nnsc1C(=O)NN=Cc1ccc([N+](=O)[O-])o1. The number of rotatable bonds is 4. The second-order valence-corrected chi connectivity index (χ2v) is 4.07. The number of carbonyl (C=O) groups excluding carboxylic acids is 1. The lowest BCUT2D eigenvalue weighted by Crippen LogP contribution is -2.17. The maximum atomic E-state index is 11.6. The van der Waals surface area contributed by atoms with E-state index < -0.39 is 16.7 Å². The first-order valence-corrected chi connectivity index (χ1v) is 5.72. The molecule has 0 aliphatic carbocycles. The highest BCUT2D eigenvalue weighted by atomic mass is 32.1. The second kappa shape index (κ2) is 5.35. The minimum atomic E-state index is -0.664. The maximum absolute atomic E-state index is 11.6. The summed E-state index contributed by atoms with van der Waals surface area (Å²) < 4.78 is 8.44. The standard InChI is InChI=1S/C9H7N5O4S/c1-5-8(19-13-11-5)9(15)12-10-4-6-2-3-7(18-6)14(16)17/h2-4H,1H3,(H,12,15).